The van der Waals surface area contributed by atoms with Gasteiger partial charge in [0.15, 0.2) is 0 Å². The van der Waals surface area contributed by atoms with E-state index in [1.807, 2.05) is 12.1 Å². The van der Waals surface area contributed by atoms with E-state index in [4.69, 9.17) is 22.1 Å². The van der Waals surface area contributed by atoms with Crippen molar-refractivity contribution in [3.05, 3.63) is 64.4 Å². The van der Waals surface area contributed by atoms with E-state index in [9.17, 15) is 9.18 Å². The lowest BCUT2D eigenvalue weighted by Crippen LogP contribution is -2.34. The van der Waals surface area contributed by atoms with Gasteiger partial charge in [0.2, 0.25) is 5.91 Å². The topological polar surface area (TPSA) is 55.6 Å². The fourth-order valence-electron chi connectivity index (χ4n) is 2.27. The summed E-state index contributed by atoms with van der Waals surface area (Å²) < 4.78 is 18.2. The monoisotopic (exact) mass is 350 g/mol. The molecule has 0 unspecified atom stereocenters. The van der Waals surface area contributed by atoms with Crippen molar-refractivity contribution >= 4 is 23.2 Å². The Kier molecular flexibility index (Phi) is 6.58. The van der Waals surface area contributed by atoms with E-state index < -0.39 is 5.82 Å². The third kappa shape index (κ3) is 5.22. The fourth-order valence-corrected chi connectivity index (χ4v) is 2.50. The number of hydrogen-bond acceptors (Lipinski definition) is 3. The van der Waals surface area contributed by atoms with E-state index in [1.165, 1.54) is 12.1 Å². The van der Waals surface area contributed by atoms with Gasteiger partial charge in [-0.1, -0.05) is 29.8 Å². The highest BCUT2D eigenvalue weighted by atomic mass is 35.5. The first kappa shape index (κ1) is 18.2. The number of nitrogens with zero attached hydrogens (tertiary/aromatic N) is 1. The summed E-state index contributed by atoms with van der Waals surface area (Å²) in [5.41, 5.74) is 7.88. The molecule has 0 atom stereocenters. The van der Waals surface area contributed by atoms with Crippen LogP contribution >= 0.6 is 11.6 Å². The molecule has 0 aromatic heterocycles. The summed E-state index contributed by atoms with van der Waals surface area (Å²) in [5, 5.41) is 0.303. The summed E-state index contributed by atoms with van der Waals surface area (Å²) in [6.07, 6.45) is 0.253. The molecule has 2 aromatic rings. The Morgan fingerprint density at radius 1 is 1.25 bits per heavy atom. The van der Waals surface area contributed by atoms with E-state index in [0.717, 1.165) is 5.56 Å². The first-order valence-electron chi connectivity index (χ1n) is 7.54. The van der Waals surface area contributed by atoms with Gasteiger partial charge in [-0.3, -0.25) is 4.79 Å². The first-order chi connectivity index (χ1) is 11.5. The van der Waals surface area contributed by atoms with E-state index in [0.29, 0.717) is 36.0 Å². The van der Waals surface area contributed by atoms with Crippen molar-refractivity contribution in [2.75, 3.05) is 26.0 Å². The van der Waals surface area contributed by atoms with E-state index in [1.54, 1.807) is 30.2 Å². The molecule has 0 saturated heterocycles. The average molecular weight is 351 g/mol. The predicted molar refractivity (Wildman–Crippen MR) is 93.3 cm³/mol. The van der Waals surface area contributed by atoms with Crippen LogP contribution in [0.2, 0.25) is 5.02 Å². The Morgan fingerprint density at radius 2 is 1.96 bits per heavy atom. The highest BCUT2D eigenvalue weighted by Crippen LogP contribution is 2.19. The molecule has 2 N–H and O–H groups in total. The molecule has 1 amide bonds. The minimum absolute atomic E-state index is 0.0581. The molecule has 6 heteroatoms. The lowest BCUT2D eigenvalue weighted by atomic mass is 10.1. The number of hydrogen-bond donors (Lipinski definition) is 1. The number of nitrogen functional groups attached to an aromatic ring is 1. The predicted octanol–water partition coefficient (Wildman–Crippen LogP) is 3.28. The van der Waals surface area contributed by atoms with Crippen LogP contribution in [0.3, 0.4) is 0 Å². The number of rotatable bonds is 7. The van der Waals surface area contributed by atoms with Crippen molar-refractivity contribution in [1.29, 1.82) is 0 Å². The van der Waals surface area contributed by atoms with Crippen molar-refractivity contribution in [2.45, 2.75) is 13.0 Å². The standard InChI is InChI=1S/C18H20ClFN2O2/c1-24-9-8-22(12-14-4-5-15(20)11-17(14)19)18(23)10-13-2-6-16(21)7-3-13/h2-7,11H,8-10,12,21H2,1H3. The molecular formula is C18H20ClFN2O2. The molecule has 24 heavy (non-hydrogen) atoms. The number of benzene rings is 2. The van der Waals surface area contributed by atoms with E-state index in [2.05, 4.69) is 0 Å². The van der Waals surface area contributed by atoms with Crippen molar-refractivity contribution in [2.24, 2.45) is 0 Å². The molecule has 2 aromatic carbocycles. The summed E-state index contributed by atoms with van der Waals surface area (Å²) in [6.45, 7) is 1.14. The summed E-state index contributed by atoms with van der Waals surface area (Å²) in [6, 6.07) is 11.3. The Bertz CT molecular complexity index is 692. The summed E-state index contributed by atoms with van der Waals surface area (Å²) in [7, 11) is 1.58. The molecule has 0 aliphatic rings. The first-order valence-corrected chi connectivity index (χ1v) is 7.92. The van der Waals surface area contributed by atoms with Crippen LogP contribution in [0.15, 0.2) is 42.5 Å². The second-order valence-corrected chi connectivity index (χ2v) is 5.87. The second kappa shape index (κ2) is 8.66. The van der Waals surface area contributed by atoms with Crippen LogP contribution in [-0.2, 0) is 22.5 Å². The van der Waals surface area contributed by atoms with Crippen molar-refractivity contribution in [1.82, 2.24) is 4.90 Å². The smallest absolute Gasteiger partial charge is 0.227 e. The summed E-state index contributed by atoms with van der Waals surface area (Å²) in [4.78, 5) is 14.3. The van der Waals surface area contributed by atoms with Gasteiger partial charge in [0.25, 0.3) is 0 Å². The molecule has 4 nitrogen and oxygen atoms in total. The highest BCUT2D eigenvalue weighted by molar-refractivity contribution is 6.31. The van der Waals surface area contributed by atoms with Crippen LogP contribution in [0, 0.1) is 5.82 Å². The Balaban J connectivity index is 2.11. The number of nitrogens with two attached hydrogens (primary N) is 1. The zero-order valence-corrected chi connectivity index (χ0v) is 14.2. The Labute approximate surface area is 146 Å². The zero-order valence-electron chi connectivity index (χ0n) is 13.5. The molecule has 0 saturated carbocycles. The van der Waals surface area contributed by atoms with Gasteiger partial charge in [0, 0.05) is 30.9 Å². The number of methoxy groups -OCH3 is 1. The van der Waals surface area contributed by atoms with Gasteiger partial charge >= 0.3 is 0 Å². The SMILES string of the molecule is COCCN(Cc1ccc(F)cc1Cl)C(=O)Cc1ccc(N)cc1. The number of anilines is 1. The maximum absolute atomic E-state index is 13.2. The van der Waals surface area contributed by atoms with Crippen LogP contribution in [0.1, 0.15) is 11.1 Å². The van der Waals surface area contributed by atoms with Gasteiger partial charge in [-0.15, -0.1) is 0 Å². The number of carbonyl (C=O) groups is 1. The molecule has 0 fully saturated rings. The Hall–Kier alpha value is -2.11. The summed E-state index contributed by atoms with van der Waals surface area (Å²) >= 11 is 6.07. The van der Waals surface area contributed by atoms with Crippen molar-refractivity contribution in [3.63, 3.8) is 0 Å². The highest BCUT2D eigenvalue weighted by Gasteiger charge is 2.16. The Morgan fingerprint density at radius 3 is 2.58 bits per heavy atom. The maximum Gasteiger partial charge on any atom is 0.227 e. The maximum atomic E-state index is 13.2. The number of halogens is 2. The molecule has 0 spiro atoms. The van der Waals surface area contributed by atoms with Crippen LogP contribution in [0.5, 0.6) is 0 Å². The van der Waals surface area contributed by atoms with Crippen LogP contribution in [0.25, 0.3) is 0 Å². The van der Waals surface area contributed by atoms with Gasteiger partial charge in [0.1, 0.15) is 5.82 Å². The van der Waals surface area contributed by atoms with Crippen molar-refractivity contribution in [3.8, 4) is 0 Å². The minimum Gasteiger partial charge on any atom is -0.399 e. The molecule has 0 aliphatic heterocycles. The lowest BCUT2D eigenvalue weighted by molar-refractivity contribution is -0.131. The fraction of sp³-hybridized carbons (Fsp3) is 0.278. The quantitative estimate of drug-likeness (QED) is 0.780. The minimum atomic E-state index is -0.402. The van der Waals surface area contributed by atoms with Gasteiger partial charge in [-0.05, 0) is 35.4 Å². The molecule has 0 radical (unpaired) electrons. The zero-order chi connectivity index (χ0) is 17.5. The van der Waals surface area contributed by atoms with E-state index in [-0.39, 0.29) is 12.3 Å². The van der Waals surface area contributed by atoms with Crippen LogP contribution < -0.4 is 5.73 Å². The summed E-state index contributed by atoms with van der Waals surface area (Å²) in [5.74, 6) is -0.461. The third-order valence-electron chi connectivity index (χ3n) is 3.63. The molecule has 0 bridgehead atoms. The largest absolute Gasteiger partial charge is 0.399 e. The van der Waals surface area contributed by atoms with Gasteiger partial charge in [0.05, 0.1) is 13.0 Å². The van der Waals surface area contributed by atoms with Crippen LogP contribution in [-0.4, -0.2) is 31.1 Å². The number of amides is 1. The molecule has 0 aliphatic carbocycles. The molecule has 0 heterocycles. The van der Waals surface area contributed by atoms with Crippen molar-refractivity contribution < 1.29 is 13.9 Å². The molecular weight excluding hydrogens is 331 g/mol. The average Bonchev–Trinajstić information content (AvgIpc) is 2.55. The molecule has 2 rings (SSSR count). The third-order valence-corrected chi connectivity index (χ3v) is 3.98. The van der Waals surface area contributed by atoms with Gasteiger partial charge in [-0.25, -0.2) is 4.39 Å². The number of carbonyl (C=O) groups excluding carboxylic acids is 1. The van der Waals surface area contributed by atoms with Gasteiger partial charge < -0.3 is 15.4 Å². The van der Waals surface area contributed by atoms with Gasteiger partial charge in [-0.2, -0.15) is 0 Å². The second-order valence-electron chi connectivity index (χ2n) is 5.46. The van der Waals surface area contributed by atoms with Crippen LogP contribution in [0.4, 0.5) is 10.1 Å². The molecule has 128 valence electrons. The van der Waals surface area contributed by atoms with E-state index >= 15 is 0 Å². The number of ether oxygens (including phenoxy) is 1. The lowest BCUT2D eigenvalue weighted by Gasteiger charge is -2.23. The normalized spacial score (nSPS) is 10.6.